The normalized spacial score (nSPS) is 13.0. The maximum absolute atomic E-state index is 5.11. The van der Waals surface area contributed by atoms with Crippen LogP contribution in [0.25, 0.3) is 0 Å². The van der Waals surface area contributed by atoms with E-state index in [2.05, 4.69) is 107 Å². The fourth-order valence-corrected chi connectivity index (χ4v) is 3.84. The van der Waals surface area contributed by atoms with Gasteiger partial charge in [-0.25, -0.2) is 10.9 Å². The molecular formula is C30H52N4O. The van der Waals surface area contributed by atoms with Gasteiger partial charge in [0.25, 0.3) is 0 Å². The molecule has 0 saturated heterocycles. The SMILES string of the molecule is C=CNC(/N=C(\C)C(C)(C)CCC)=C(C)\C(=C\C)N(C)CCCON.CCCc1ccc(C)cc1. The van der Waals surface area contributed by atoms with E-state index in [9.17, 15) is 0 Å². The summed E-state index contributed by atoms with van der Waals surface area (Å²) in [5.41, 5.74) is 6.21. The highest BCUT2D eigenvalue weighted by atomic mass is 16.6. The van der Waals surface area contributed by atoms with Gasteiger partial charge in [-0.3, -0.25) is 0 Å². The Morgan fingerprint density at radius 2 is 1.80 bits per heavy atom. The number of aliphatic imine (C=N–C) groups is 1. The van der Waals surface area contributed by atoms with Crippen LogP contribution in [-0.4, -0.2) is 30.8 Å². The van der Waals surface area contributed by atoms with E-state index in [0.29, 0.717) is 6.61 Å². The van der Waals surface area contributed by atoms with Crippen LogP contribution in [0.4, 0.5) is 0 Å². The fourth-order valence-electron chi connectivity index (χ4n) is 3.84. The molecule has 0 amide bonds. The molecule has 0 fully saturated rings. The van der Waals surface area contributed by atoms with E-state index in [-0.39, 0.29) is 5.41 Å². The zero-order valence-corrected chi connectivity index (χ0v) is 24.0. The molecule has 0 radical (unpaired) electrons. The summed E-state index contributed by atoms with van der Waals surface area (Å²) in [5, 5.41) is 3.21. The van der Waals surface area contributed by atoms with Gasteiger partial charge in [-0.15, -0.1) is 0 Å². The fraction of sp³-hybridized carbons (Fsp3) is 0.567. The van der Waals surface area contributed by atoms with Gasteiger partial charge in [-0.2, -0.15) is 0 Å². The van der Waals surface area contributed by atoms with Crippen LogP contribution in [0.3, 0.4) is 0 Å². The largest absolute Gasteiger partial charge is 0.374 e. The Morgan fingerprint density at radius 1 is 1.17 bits per heavy atom. The van der Waals surface area contributed by atoms with E-state index in [4.69, 9.17) is 10.9 Å². The van der Waals surface area contributed by atoms with Crippen LogP contribution in [-0.2, 0) is 11.3 Å². The highest BCUT2D eigenvalue weighted by Crippen LogP contribution is 2.26. The molecule has 0 aliphatic rings. The second-order valence-corrected chi connectivity index (χ2v) is 9.71. The molecule has 1 aromatic rings. The molecule has 5 heteroatoms. The van der Waals surface area contributed by atoms with Gasteiger partial charge in [0.1, 0.15) is 5.82 Å². The molecule has 35 heavy (non-hydrogen) atoms. The van der Waals surface area contributed by atoms with Crippen molar-refractivity contribution in [3.8, 4) is 0 Å². The summed E-state index contributed by atoms with van der Waals surface area (Å²) in [6.07, 6.45) is 9.34. The van der Waals surface area contributed by atoms with Gasteiger partial charge in [0.05, 0.1) is 6.61 Å². The minimum atomic E-state index is 0.0730. The van der Waals surface area contributed by atoms with Gasteiger partial charge >= 0.3 is 0 Å². The average molecular weight is 485 g/mol. The zero-order chi connectivity index (χ0) is 26.9. The Balaban J connectivity index is 0.000000952. The van der Waals surface area contributed by atoms with E-state index in [0.717, 1.165) is 48.6 Å². The van der Waals surface area contributed by atoms with E-state index >= 15 is 0 Å². The lowest BCUT2D eigenvalue weighted by atomic mass is 9.83. The standard InChI is InChI=1S/C20H38N4O.C10H14/c1-9-13-20(6,7)17(5)23-19(22-11-3)16(4)18(10-2)24(8)14-12-15-25-21;1-3-4-10-7-5-9(2)6-8-10/h10-11,22H,3,9,12-15,21H2,1-2,4-8H3;5-8H,3-4H2,1-2H3/b18-10-,19-16+,23-17+;. The molecule has 0 aromatic heterocycles. The van der Waals surface area contributed by atoms with Crippen molar-refractivity contribution in [1.29, 1.82) is 0 Å². The van der Waals surface area contributed by atoms with Crippen LogP contribution < -0.4 is 11.2 Å². The first-order valence-corrected chi connectivity index (χ1v) is 13.0. The highest BCUT2D eigenvalue weighted by molar-refractivity contribution is 5.88. The minimum absolute atomic E-state index is 0.0730. The Bertz CT molecular complexity index is 819. The minimum Gasteiger partial charge on any atom is -0.374 e. The number of benzene rings is 1. The molecule has 5 nitrogen and oxygen atoms in total. The first kappa shape index (κ1) is 32.6. The third kappa shape index (κ3) is 12.8. The third-order valence-electron chi connectivity index (χ3n) is 6.21. The summed E-state index contributed by atoms with van der Waals surface area (Å²) in [6.45, 7) is 22.5. The summed E-state index contributed by atoms with van der Waals surface area (Å²) < 4.78 is 0. The molecule has 1 aromatic carbocycles. The third-order valence-corrected chi connectivity index (χ3v) is 6.21. The molecular weight excluding hydrogens is 432 g/mol. The number of allylic oxidation sites excluding steroid dienone is 2. The molecule has 3 N–H and O–H groups in total. The van der Waals surface area contributed by atoms with E-state index in [1.165, 1.54) is 24.0 Å². The number of hydrogen-bond donors (Lipinski definition) is 2. The molecule has 0 aliphatic carbocycles. The molecule has 0 bridgehead atoms. The molecule has 0 aliphatic heterocycles. The molecule has 0 saturated carbocycles. The van der Waals surface area contributed by atoms with Gasteiger partial charge in [0, 0.05) is 36.0 Å². The molecule has 0 spiro atoms. The Morgan fingerprint density at radius 3 is 2.29 bits per heavy atom. The first-order chi connectivity index (χ1) is 16.6. The summed E-state index contributed by atoms with van der Waals surface area (Å²) in [7, 11) is 2.07. The van der Waals surface area contributed by atoms with Gasteiger partial charge in [-0.05, 0) is 58.7 Å². The van der Waals surface area contributed by atoms with Gasteiger partial charge in [0.2, 0.25) is 0 Å². The lowest BCUT2D eigenvalue weighted by Gasteiger charge is -2.26. The van der Waals surface area contributed by atoms with Crippen LogP contribution in [0.1, 0.15) is 85.3 Å². The Kier molecular flexibility index (Phi) is 16.8. The van der Waals surface area contributed by atoms with Crippen LogP contribution in [0, 0.1) is 12.3 Å². The predicted molar refractivity (Wildman–Crippen MR) is 154 cm³/mol. The van der Waals surface area contributed by atoms with Crippen molar-refractivity contribution in [3.63, 3.8) is 0 Å². The molecule has 198 valence electrons. The Hall–Kier alpha value is -2.37. The van der Waals surface area contributed by atoms with Crippen LogP contribution in [0.2, 0.25) is 0 Å². The molecule has 0 heterocycles. The number of nitrogens with one attached hydrogen (secondary N) is 1. The number of likely N-dealkylation sites (N-methyl/N-ethyl adjacent to an activating group) is 1. The Labute approximate surface area is 216 Å². The number of nitrogens with zero attached hydrogens (tertiary/aromatic N) is 2. The van der Waals surface area contributed by atoms with E-state index < -0.39 is 0 Å². The van der Waals surface area contributed by atoms with Gasteiger partial charge in [-0.1, -0.05) is 83.0 Å². The molecule has 0 atom stereocenters. The second-order valence-electron chi connectivity index (χ2n) is 9.71. The summed E-state index contributed by atoms with van der Waals surface area (Å²) in [4.78, 5) is 11.8. The van der Waals surface area contributed by atoms with Gasteiger partial charge < -0.3 is 15.1 Å². The first-order valence-electron chi connectivity index (χ1n) is 13.0. The van der Waals surface area contributed by atoms with Crippen molar-refractivity contribution in [3.05, 3.63) is 71.3 Å². The van der Waals surface area contributed by atoms with Crippen LogP contribution >= 0.6 is 0 Å². The van der Waals surface area contributed by atoms with Crippen molar-refractivity contribution in [2.24, 2.45) is 16.3 Å². The van der Waals surface area contributed by atoms with Crippen molar-refractivity contribution in [1.82, 2.24) is 10.2 Å². The van der Waals surface area contributed by atoms with Gasteiger partial charge in [0.15, 0.2) is 0 Å². The zero-order valence-electron chi connectivity index (χ0n) is 24.0. The monoisotopic (exact) mass is 484 g/mol. The number of aryl methyl sites for hydroxylation is 2. The van der Waals surface area contributed by atoms with E-state index in [1.54, 1.807) is 6.20 Å². The van der Waals surface area contributed by atoms with Crippen molar-refractivity contribution in [2.75, 3.05) is 20.2 Å². The summed E-state index contributed by atoms with van der Waals surface area (Å²) in [5.74, 6) is 5.95. The van der Waals surface area contributed by atoms with Crippen molar-refractivity contribution >= 4 is 5.71 Å². The maximum Gasteiger partial charge on any atom is 0.134 e. The number of rotatable bonds is 14. The quantitative estimate of drug-likeness (QED) is 0.126. The summed E-state index contributed by atoms with van der Waals surface area (Å²) in [6, 6.07) is 8.76. The smallest absolute Gasteiger partial charge is 0.134 e. The topological polar surface area (TPSA) is 62.9 Å². The molecule has 0 unspecified atom stereocenters. The summed E-state index contributed by atoms with van der Waals surface area (Å²) >= 11 is 0. The lowest BCUT2D eigenvalue weighted by molar-refractivity contribution is 0.129. The number of nitrogens with two attached hydrogens (primary N) is 1. The number of hydrogen-bond acceptors (Lipinski definition) is 5. The predicted octanol–water partition coefficient (Wildman–Crippen LogP) is 7.30. The maximum atomic E-state index is 5.11. The lowest BCUT2D eigenvalue weighted by Crippen LogP contribution is -2.25. The second kappa shape index (κ2) is 18.0. The molecule has 1 rings (SSSR count). The van der Waals surface area contributed by atoms with Crippen LogP contribution in [0.5, 0.6) is 0 Å². The van der Waals surface area contributed by atoms with Crippen molar-refractivity contribution < 1.29 is 4.84 Å². The van der Waals surface area contributed by atoms with Crippen molar-refractivity contribution in [2.45, 2.75) is 87.5 Å². The van der Waals surface area contributed by atoms with E-state index in [1.807, 2.05) is 6.92 Å². The van der Waals surface area contributed by atoms with Crippen LogP contribution in [0.15, 0.2) is 65.2 Å². The highest BCUT2D eigenvalue weighted by Gasteiger charge is 2.21. The average Bonchev–Trinajstić information content (AvgIpc) is 2.81.